The summed E-state index contributed by atoms with van der Waals surface area (Å²) >= 11 is 0. The number of aryl methyl sites for hydroxylation is 2. The van der Waals surface area contributed by atoms with Crippen LogP contribution in [0.1, 0.15) is 57.6 Å². The first kappa shape index (κ1) is 22.1. The van der Waals surface area contributed by atoms with Crippen LogP contribution in [0.15, 0.2) is 24.8 Å². The van der Waals surface area contributed by atoms with Crippen molar-refractivity contribution in [3.05, 3.63) is 36.4 Å². The Morgan fingerprint density at radius 3 is 2.07 bits per heavy atom. The number of hydrogen-bond donors (Lipinski definition) is 2. The van der Waals surface area contributed by atoms with Crippen molar-refractivity contribution in [1.82, 2.24) is 24.0 Å². The van der Waals surface area contributed by atoms with E-state index in [4.69, 9.17) is 10.8 Å². The van der Waals surface area contributed by atoms with Crippen LogP contribution in [0.2, 0.25) is 0 Å². The monoisotopic (exact) mass is 390 g/mol. The van der Waals surface area contributed by atoms with E-state index in [1.54, 1.807) is 0 Å². The predicted octanol–water partition coefficient (Wildman–Crippen LogP) is 2.48. The second-order valence-electron chi connectivity index (χ2n) is 7.22. The van der Waals surface area contributed by atoms with Crippen molar-refractivity contribution in [3.8, 4) is 0 Å². The van der Waals surface area contributed by atoms with Crippen molar-refractivity contribution < 1.29 is 9.90 Å². The summed E-state index contributed by atoms with van der Waals surface area (Å²) in [7, 11) is 0. The Balaban J connectivity index is 2.01. The van der Waals surface area contributed by atoms with Gasteiger partial charge in [-0.3, -0.25) is 9.69 Å². The van der Waals surface area contributed by atoms with E-state index in [-0.39, 0.29) is 0 Å². The third kappa shape index (κ3) is 6.76. The maximum absolute atomic E-state index is 10.9. The molecule has 0 spiro atoms. The van der Waals surface area contributed by atoms with E-state index in [1.165, 1.54) is 0 Å². The lowest BCUT2D eigenvalue weighted by Gasteiger charge is -2.23. The zero-order valence-corrected chi connectivity index (χ0v) is 17.1. The fraction of sp³-hybridized carbons (Fsp3) is 0.650. The SMILES string of the molecule is CCCn1ccnc1CN(CCCC[C@H](N)C(=O)O)Cc1nccn1CCC. The number of rotatable bonds is 14. The first-order valence-corrected chi connectivity index (χ1v) is 10.3. The third-order valence-corrected chi connectivity index (χ3v) is 4.82. The van der Waals surface area contributed by atoms with Crippen molar-refractivity contribution in [1.29, 1.82) is 0 Å². The van der Waals surface area contributed by atoms with E-state index in [2.05, 4.69) is 37.8 Å². The highest BCUT2D eigenvalue weighted by molar-refractivity contribution is 5.72. The summed E-state index contributed by atoms with van der Waals surface area (Å²) < 4.78 is 4.40. The van der Waals surface area contributed by atoms with Gasteiger partial charge in [0.05, 0.1) is 13.1 Å². The molecular formula is C20H34N6O2. The summed E-state index contributed by atoms with van der Waals surface area (Å²) in [5.74, 6) is 1.18. The van der Waals surface area contributed by atoms with Gasteiger partial charge in [0, 0.05) is 37.9 Å². The number of imidazole rings is 2. The van der Waals surface area contributed by atoms with Gasteiger partial charge in [-0.1, -0.05) is 20.3 Å². The predicted molar refractivity (Wildman–Crippen MR) is 109 cm³/mol. The molecule has 8 heteroatoms. The van der Waals surface area contributed by atoms with Crippen LogP contribution >= 0.6 is 0 Å². The molecule has 156 valence electrons. The van der Waals surface area contributed by atoms with Crippen molar-refractivity contribution in [3.63, 3.8) is 0 Å². The fourth-order valence-electron chi connectivity index (χ4n) is 3.31. The molecule has 0 aliphatic heterocycles. The minimum absolute atomic E-state index is 0.498. The van der Waals surface area contributed by atoms with Crippen LogP contribution in [-0.4, -0.2) is 47.7 Å². The lowest BCUT2D eigenvalue weighted by Crippen LogP contribution is -2.31. The van der Waals surface area contributed by atoms with Crippen LogP contribution in [-0.2, 0) is 31.0 Å². The van der Waals surface area contributed by atoms with Crippen LogP contribution in [0, 0.1) is 0 Å². The van der Waals surface area contributed by atoms with Crippen LogP contribution in [0.4, 0.5) is 0 Å². The molecule has 0 amide bonds. The molecule has 0 unspecified atom stereocenters. The zero-order chi connectivity index (χ0) is 20.4. The molecule has 0 aliphatic carbocycles. The molecule has 1 atom stereocenters. The standard InChI is InChI=1S/C20H34N6O2/c1-3-10-25-13-8-22-18(25)15-24(12-6-5-7-17(21)20(27)28)16-19-23-9-14-26(19)11-4-2/h8-9,13-14,17H,3-7,10-12,15-16,21H2,1-2H3,(H,27,28)/t17-/m0/s1. The molecule has 0 aliphatic rings. The van der Waals surface area contributed by atoms with E-state index in [0.29, 0.717) is 6.42 Å². The molecule has 2 aromatic rings. The maximum Gasteiger partial charge on any atom is 0.320 e. The molecule has 2 rings (SSSR count). The first-order valence-electron chi connectivity index (χ1n) is 10.3. The summed E-state index contributed by atoms with van der Waals surface area (Å²) in [6, 6.07) is -0.777. The zero-order valence-electron chi connectivity index (χ0n) is 17.1. The third-order valence-electron chi connectivity index (χ3n) is 4.82. The molecule has 0 fully saturated rings. The van der Waals surface area contributed by atoms with Crippen LogP contribution in [0.3, 0.4) is 0 Å². The van der Waals surface area contributed by atoms with E-state index in [0.717, 1.165) is 70.1 Å². The Kier molecular flexibility index (Phi) is 9.16. The minimum atomic E-state index is -0.931. The smallest absolute Gasteiger partial charge is 0.320 e. The molecule has 3 N–H and O–H groups in total. The highest BCUT2D eigenvalue weighted by Crippen LogP contribution is 2.12. The van der Waals surface area contributed by atoms with E-state index in [1.807, 2.05) is 24.8 Å². The molecule has 0 radical (unpaired) electrons. The Morgan fingerprint density at radius 2 is 1.61 bits per heavy atom. The molecule has 8 nitrogen and oxygen atoms in total. The largest absolute Gasteiger partial charge is 0.480 e. The molecule has 0 aromatic carbocycles. The lowest BCUT2D eigenvalue weighted by molar-refractivity contribution is -0.138. The maximum atomic E-state index is 10.9. The van der Waals surface area contributed by atoms with Gasteiger partial charge < -0.3 is 20.0 Å². The van der Waals surface area contributed by atoms with Gasteiger partial charge >= 0.3 is 5.97 Å². The van der Waals surface area contributed by atoms with E-state index < -0.39 is 12.0 Å². The van der Waals surface area contributed by atoms with Crippen LogP contribution in [0.5, 0.6) is 0 Å². The van der Waals surface area contributed by atoms with Gasteiger partial charge in [0.15, 0.2) is 0 Å². The highest BCUT2D eigenvalue weighted by atomic mass is 16.4. The summed E-state index contributed by atoms with van der Waals surface area (Å²) in [4.78, 5) is 22.3. The Morgan fingerprint density at radius 1 is 1.07 bits per heavy atom. The fourth-order valence-corrected chi connectivity index (χ4v) is 3.31. The van der Waals surface area contributed by atoms with Crippen molar-refractivity contribution in [2.45, 2.75) is 78.2 Å². The Bertz CT molecular complexity index is 665. The minimum Gasteiger partial charge on any atom is -0.480 e. The van der Waals surface area contributed by atoms with Crippen LogP contribution in [0.25, 0.3) is 0 Å². The average Bonchev–Trinajstić information content (AvgIpc) is 3.29. The summed E-state index contributed by atoms with van der Waals surface area (Å²) in [5.41, 5.74) is 5.62. The van der Waals surface area contributed by atoms with Gasteiger partial charge in [-0.15, -0.1) is 0 Å². The lowest BCUT2D eigenvalue weighted by atomic mass is 10.1. The normalized spacial score (nSPS) is 12.6. The summed E-state index contributed by atoms with van der Waals surface area (Å²) in [6.45, 7) is 8.59. The first-order chi connectivity index (χ1) is 13.5. The number of unbranched alkanes of at least 4 members (excludes halogenated alkanes) is 1. The quantitative estimate of drug-likeness (QED) is 0.481. The molecular weight excluding hydrogens is 356 g/mol. The van der Waals surface area contributed by atoms with Gasteiger partial charge in [-0.25, -0.2) is 9.97 Å². The average molecular weight is 391 g/mol. The van der Waals surface area contributed by atoms with Gasteiger partial charge in [0.1, 0.15) is 17.7 Å². The van der Waals surface area contributed by atoms with Crippen molar-refractivity contribution >= 4 is 5.97 Å². The molecule has 2 heterocycles. The van der Waals surface area contributed by atoms with Crippen molar-refractivity contribution in [2.24, 2.45) is 5.73 Å². The molecule has 0 saturated heterocycles. The molecule has 2 aromatic heterocycles. The van der Waals surface area contributed by atoms with Gasteiger partial charge in [0.25, 0.3) is 0 Å². The van der Waals surface area contributed by atoms with Gasteiger partial charge in [0.2, 0.25) is 0 Å². The van der Waals surface area contributed by atoms with E-state index >= 15 is 0 Å². The molecule has 0 bridgehead atoms. The second-order valence-corrected chi connectivity index (χ2v) is 7.22. The van der Waals surface area contributed by atoms with Gasteiger partial charge in [-0.2, -0.15) is 0 Å². The Hall–Kier alpha value is -2.19. The Labute approximate surface area is 167 Å². The highest BCUT2D eigenvalue weighted by Gasteiger charge is 2.15. The second kappa shape index (κ2) is 11.6. The summed E-state index contributed by atoms with van der Waals surface area (Å²) in [6.07, 6.45) is 12.1. The number of hydrogen-bond acceptors (Lipinski definition) is 5. The number of carbonyl (C=O) groups is 1. The number of nitrogens with zero attached hydrogens (tertiary/aromatic N) is 5. The summed E-state index contributed by atoms with van der Waals surface area (Å²) in [5, 5.41) is 8.94. The molecule has 28 heavy (non-hydrogen) atoms. The molecule has 0 saturated carbocycles. The van der Waals surface area contributed by atoms with Gasteiger partial charge in [-0.05, 0) is 32.2 Å². The topological polar surface area (TPSA) is 102 Å². The number of carboxylic acids is 1. The number of carboxylic acid groups (broad SMARTS) is 1. The van der Waals surface area contributed by atoms with E-state index in [9.17, 15) is 4.79 Å². The van der Waals surface area contributed by atoms with Crippen LogP contribution < -0.4 is 5.73 Å². The number of aromatic nitrogens is 4. The van der Waals surface area contributed by atoms with Crippen molar-refractivity contribution in [2.75, 3.05) is 6.54 Å². The number of aliphatic carboxylic acids is 1. The number of nitrogens with two attached hydrogens (primary N) is 1.